The predicted molar refractivity (Wildman–Crippen MR) is 105 cm³/mol. The number of carbonyl (C=O) groups is 1. The lowest BCUT2D eigenvalue weighted by Gasteiger charge is -2.31. The molecule has 6 nitrogen and oxygen atoms in total. The molecule has 0 radical (unpaired) electrons. The van der Waals surface area contributed by atoms with Crippen LogP contribution in [0.4, 0.5) is 18.9 Å². The van der Waals surface area contributed by atoms with Crippen molar-refractivity contribution in [2.24, 2.45) is 5.92 Å². The van der Waals surface area contributed by atoms with Crippen molar-refractivity contribution in [3.05, 3.63) is 53.6 Å². The number of rotatable bonds is 5. The fraction of sp³-hybridized carbons (Fsp3) is 0.316. The summed E-state index contributed by atoms with van der Waals surface area (Å²) >= 11 is 5.81. The first-order chi connectivity index (χ1) is 14.0. The minimum Gasteiger partial charge on any atom is -0.406 e. The molecule has 3 rings (SSSR count). The molecule has 0 saturated carbocycles. The quantitative estimate of drug-likeness (QED) is 0.719. The summed E-state index contributed by atoms with van der Waals surface area (Å²) in [6.45, 7) is 0.296. The summed E-state index contributed by atoms with van der Waals surface area (Å²) in [5.41, 5.74) is 0.284. The van der Waals surface area contributed by atoms with Crippen molar-refractivity contribution in [1.29, 1.82) is 0 Å². The fourth-order valence-corrected chi connectivity index (χ4v) is 4.76. The number of halogens is 4. The van der Waals surface area contributed by atoms with Crippen molar-refractivity contribution in [2.75, 3.05) is 18.4 Å². The van der Waals surface area contributed by atoms with Gasteiger partial charge in [0.05, 0.1) is 10.8 Å². The van der Waals surface area contributed by atoms with Crippen molar-refractivity contribution >= 4 is 33.2 Å². The molecule has 1 amide bonds. The Balaban J connectivity index is 1.65. The number of hydrogen-bond acceptors (Lipinski definition) is 4. The third-order valence-corrected chi connectivity index (χ3v) is 6.69. The number of nitrogens with one attached hydrogen (secondary N) is 1. The second-order valence-electron chi connectivity index (χ2n) is 6.72. The summed E-state index contributed by atoms with van der Waals surface area (Å²) < 4.78 is 67.3. The van der Waals surface area contributed by atoms with Gasteiger partial charge in [-0.1, -0.05) is 11.6 Å². The van der Waals surface area contributed by atoms with E-state index in [2.05, 4.69) is 10.1 Å². The summed E-state index contributed by atoms with van der Waals surface area (Å²) in [6, 6.07) is 10.5. The lowest BCUT2D eigenvalue weighted by Crippen LogP contribution is -2.43. The van der Waals surface area contributed by atoms with Gasteiger partial charge in [0.25, 0.3) is 0 Å². The molecule has 0 spiro atoms. The van der Waals surface area contributed by atoms with Gasteiger partial charge in [-0.05, 0) is 61.4 Å². The van der Waals surface area contributed by atoms with Crippen molar-refractivity contribution in [3.8, 4) is 5.75 Å². The van der Waals surface area contributed by atoms with Gasteiger partial charge < -0.3 is 10.1 Å². The number of piperidine rings is 1. The largest absolute Gasteiger partial charge is 0.573 e. The van der Waals surface area contributed by atoms with Gasteiger partial charge in [-0.15, -0.1) is 13.2 Å². The van der Waals surface area contributed by atoms with E-state index in [-0.39, 0.29) is 23.7 Å². The van der Waals surface area contributed by atoms with Crippen molar-refractivity contribution in [3.63, 3.8) is 0 Å². The molecule has 1 heterocycles. The number of alkyl halides is 3. The molecule has 1 fully saturated rings. The molecule has 0 bridgehead atoms. The molecule has 1 N–H and O–H groups in total. The topological polar surface area (TPSA) is 75.7 Å². The molecule has 1 atom stereocenters. The number of ether oxygens (including phenoxy) is 1. The molecule has 2 aromatic rings. The zero-order chi connectivity index (χ0) is 21.9. The molecule has 0 aliphatic carbocycles. The molecular formula is C19H18ClF3N2O4S. The van der Waals surface area contributed by atoms with Crippen LogP contribution in [-0.2, 0) is 14.8 Å². The third kappa shape index (κ3) is 5.65. The lowest BCUT2D eigenvalue weighted by atomic mass is 9.99. The van der Waals surface area contributed by atoms with Crippen LogP contribution in [0.5, 0.6) is 5.75 Å². The smallest absolute Gasteiger partial charge is 0.406 e. The molecule has 0 aromatic heterocycles. The maximum absolute atomic E-state index is 12.8. The Kier molecular flexibility index (Phi) is 6.59. The molecule has 30 heavy (non-hydrogen) atoms. The standard InChI is InChI=1S/C19H18ClF3N2O4S/c20-14-3-9-17(10-4-14)30(27,28)25-11-1-2-13(12-25)18(26)24-15-5-7-16(8-6-15)29-19(21,22)23/h3-10,13H,1-2,11-12H2,(H,24,26)/t13-/m1/s1. The minimum atomic E-state index is -4.80. The summed E-state index contributed by atoms with van der Waals surface area (Å²) in [5.74, 6) is -1.40. The first kappa shape index (κ1) is 22.4. The minimum absolute atomic E-state index is 0.00601. The van der Waals surface area contributed by atoms with E-state index in [1.165, 1.54) is 40.7 Å². The number of hydrogen-bond donors (Lipinski definition) is 1. The summed E-state index contributed by atoms with van der Waals surface area (Å²) in [4.78, 5) is 12.7. The van der Waals surface area contributed by atoms with Gasteiger partial charge in [-0.2, -0.15) is 4.31 Å². The normalized spacial score (nSPS) is 18.1. The van der Waals surface area contributed by atoms with E-state index in [0.29, 0.717) is 17.9 Å². The van der Waals surface area contributed by atoms with E-state index in [9.17, 15) is 26.4 Å². The number of nitrogens with zero attached hydrogens (tertiary/aromatic N) is 1. The van der Waals surface area contributed by atoms with Crippen LogP contribution in [0.15, 0.2) is 53.4 Å². The maximum Gasteiger partial charge on any atom is 0.573 e. The van der Waals surface area contributed by atoms with Gasteiger partial charge in [-0.3, -0.25) is 4.79 Å². The van der Waals surface area contributed by atoms with Crippen LogP contribution in [0.2, 0.25) is 5.02 Å². The maximum atomic E-state index is 12.8. The average molecular weight is 463 g/mol. The van der Waals surface area contributed by atoms with E-state index in [1.807, 2.05) is 0 Å². The first-order valence-corrected chi connectivity index (χ1v) is 10.8. The number of sulfonamides is 1. The SMILES string of the molecule is O=C(Nc1ccc(OC(F)(F)F)cc1)[C@@H]1CCCN(S(=O)(=O)c2ccc(Cl)cc2)C1. The van der Waals surface area contributed by atoms with Gasteiger partial charge in [0.1, 0.15) is 5.75 Å². The highest BCUT2D eigenvalue weighted by atomic mass is 35.5. The number of benzene rings is 2. The Morgan fingerprint density at radius 3 is 2.33 bits per heavy atom. The average Bonchev–Trinajstić information content (AvgIpc) is 2.69. The van der Waals surface area contributed by atoms with Gasteiger partial charge >= 0.3 is 6.36 Å². The van der Waals surface area contributed by atoms with Gasteiger partial charge in [0.2, 0.25) is 15.9 Å². The molecule has 1 aliphatic rings. The van der Waals surface area contributed by atoms with Crippen molar-refractivity contribution < 1.29 is 31.1 Å². The Morgan fingerprint density at radius 1 is 1.10 bits per heavy atom. The summed E-state index contributed by atoms with van der Waals surface area (Å²) in [7, 11) is -3.77. The Hall–Kier alpha value is -2.30. The zero-order valence-corrected chi connectivity index (χ0v) is 17.1. The van der Waals surface area contributed by atoms with Crippen LogP contribution in [0.3, 0.4) is 0 Å². The second kappa shape index (κ2) is 8.83. The van der Waals surface area contributed by atoms with Crippen LogP contribution >= 0.6 is 11.6 Å². The highest BCUT2D eigenvalue weighted by molar-refractivity contribution is 7.89. The molecule has 0 unspecified atom stereocenters. The van der Waals surface area contributed by atoms with Gasteiger partial charge in [-0.25, -0.2) is 8.42 Å². The third-order valence-electron chi connectivity index (χ3n) is 4.56. The number of anilines is 1. The Morgan fingerprint density at radius 2 is 1.73 bits per heavy atom. The van der Waals surface area contributed by atoms with Crippen LogP contribution in [-0.4, -0.2) is 38.1 Å². The molecule has 162 valence electrons. The van der Waals surface area contributed by atoms with Crippen LogP contribution in [0.25, 0.3) is 0 Å². The van der Waals surface area contributed by atoms with Crippen LogP contribution < -0.4 is 10.1 Å². The Bertz CT molecular complexity index is 996. The molecule has 2 aromatic carbocycles. The van der Waals surface area contributed by atoms with E-state index in [1.54, 1.807) is 0 Å². The van der Waals surface area contributed by atoms with Gasteiger partial charge in [0.15, 0.2) is 0 Å². The van der Waals surface area contributed by atoms with E-state index >= 15 is 0 Å². The number of carbonyl (C=O) groups excluding carboxylic acids is 1. The van der Waals surface area contributed by atoms with Crippen LogP contribution in [0.1, 0.15) is 12.8 Å². The van der Waals surface area contributed by atoms with Crippen LogP contribution in [0, 0.1) is 5.92 Å². The highest BCUT2D eigenvalue weighted by Gasteiger charge is 2.33. The first-order valence-electron chi connectivity index (χ1n) is 8.97. The lowest BCUT2D eigenvalue weighted by molar-refractivity contribution is -0.274. The van der Waals surface area contributed by atoms with E-state index in [0.717, 1.165) is 12.1 Å². The fourth-order valence-electron chi connectivity index (χ4n) is 3.11. The van der Waals surface area contributed by atoms with E-state index < -0.39 is 34.0 Å². The Labute approximate surface area is 176 Å². The van der Waals surface area contributed by atoms with Crippen molar-refractivity contribution in [1.82, 2.24) is 4.31 Å². The molecule has 1 saturated heterocycles. The molecular weight excluding hydrogens is 445 g/mol. The molecule has 1 aliphatic heterocycles. The van der Waals surface area contributed by atoms with Crippen molar-refractivity contribution in [2.45, 2.75) is 24.1 Å². The molecule has 11 heteroatoms. The zero-order valence-electron chi connectivity index (χ0n) is 15.5. The predicted octanol–water partition coefficient (Wildman–Crippen LogP) is 4.28. The highest BCUT2D eigenvalue weighted by Crippen LogP contribution is 2.27. The summed E-state index contributed by atoms with van der Waals surface area (Å²) in [6.07, 6.45) is -3.80. The number of amides is 1. The summed E-state index contributed by atoms with van der Waals surface area (Å²) in [5, 5.41) is 3.02. The second-order valence-corrected chi connectivity index (χ2v) is 9.09. The monoisotopic (exact) mass is 462 g/mol. The van der Waals surface area contributed by atoms with E-state index in [4.69, 9.17) is 11.6 Å². The van der Waals surface area contributed by atoms with Gasteiger partial charge in [0, 0.05) is 23.8 Å².